The van der Waals surface area contributed by atoms with E-state index in [0.717, 1.165) is 0 Å². The van der Waals surface area contributed by atoms with Gasteiger partial charge in [-0.15, -0.1) is 0 Å². The van der Waals surface area contributed by atoms with Crippen molar-refractivity contribution in [1.29, 1.82) is 0 Å². The second kappa shape index (κ2) is 5.52. The van der Waals surface area contributed by atoms with Crippen LogP contribution >= 0.6 is 0 Å². The number of nitrogens with zero attached hydrogens (tertiary/aromatic N) is 3. The first-order chi connectivity index (χ1) is 9.30. The average Bonchev–Trinajstić information content (AvgIpc) is 2.92. The molecule has 1 saturated heterocycles. The molecule has 0 unspecified atom stereocenters. The molecule has 2 heterocycles. The van der Waals surface area contributed by atoms with Gasteiger partial charge >= 0.3 is 0 Å². The second-order valence-electron chi connectivity index (χ2n) is 6.77. The van der Waals surface area contributed by atoms with Crippen LogP contribution in [0.3, 0.4) is 0 Å². The Morgan fingerprint density at radius 3 is 2.65 bits per heavy atom. The van der Waals surface area contributed by atoms with E-state index in [9.17, 15) is 9.90 Å². The maximum Gasteiger partial charge on any atom is 0.231 e. The maximum atomic E-state index is 12.3. The van der Waals surface area contributed by atoms with Gasteiger partial charge in [0.2, 0.25) is 11.8 Å². The van der Waals surface area contributed by atoms with Crippen molar-refractivity contribution in [2.24, 2.45) is 11.3 Å². The van der Waals surface area contributed by atoms with Crippen molar-refractivity contribution in [3.63, 3.8) is 0 Å². The van der Waals surface area contributed by atoms with Crippen LogP contribution < -0.4 is 0 Å². The van der Waals surface area contributed by atoms with Crippen molar-refractivity contribution in [1.82, 2.24) is 15.0 Å². The third-order valence-electron chi connectivity index (χ3n) is 3.57. The number of aliphatic hydroxyl groups is 1. The quantitative estimate of drug-likeness (QED) is 0.904. The summed E-state index contributed by atoms with van der Waals surface area (Å²) >= 11 is 0. The zero-order chi connectivity index (χ0) is 14.9. The van der Waals surface area contributed by atoms with Crippen molar-refractivity contribution >= 4 is 5.91 Å². The fourth-order valence-electron chi connectivity index (χ4n) is 2.57. The molecule has 2 rings (SSSR count). The molecule has 6 heteroatoms. The molecule has 0 radical (unpaired) electrons. The van der Waals surface area contributed by atoms with Gasteiger partial charge in [-0.2, -0.15) is 4.98 Å². The number of carbonyl (C=O) groups is 1. The van der Waals surface area contributed by atoms with Crippen molar-refractivity contribution in [2.75, 3.05) is 19.7 Å². The van der Waals surface area contributed by atoms with Gasteiger partial charge in [-0.25, -0.2) is 0 Å². The standard InChI is InChI=1S/C14H23N3O3/c1-9-15-13(20-16-9)11-7-17(6-10(11)8-18)12(19)5-14(2,3)4/h10-11,18H,5-8H2,1-4H3/t10-,11+/m0/s1. The molecule has 112 valence electrons. The first-order valence-electron chi connectivity index (χ1n) is 6.99. The number of hydrogen-bond donors (Lipinski definition) is 1. The van der Waals surface area contributed by atoms with Gasteiger partial charge in [0.05, 0.1) is 5.92 Å². The van der Waals surface area contributed by atoms with Gasteiger partial charge in [0.1, 0.15) is 0 Å². The van der Waals surface area contributed by atoms with Crippen LogP contribution in [0, 0.1) is 18.3 Å². The van der Waals surface area contributed by atoms with E-state index in [2.05, 4.69) is 10.1 Å². The van der Waals surface area contributed by atoms with Crippen LogP contribution in [0.2, 0.25) is 0 Å². The van der Waals surface area contributed by atoms with Crippen molar-refractivity contribution in [2.45, 2.75) is 40.0 Å². The largest absolute Gasteiger partial charge is 0.396 e. The third kappa shape index (κ3) is 3.36. The van der Waals surface area contributed by atoms with Crippen LogP contribution in [0.4, 0.5) is 0 Å². The molecule has 0 aromatic carbocycles. The van der Waals surface area contributed by atoms with E-state index in [1.54, 1.807) is 11.8 Å². The molecule has 0 bridgehead atoms. The van der Waals surface area contributed by atoms with Crippen LogP contribution in [0.5, 0.6) is 0 Å². The minimum Gasteiger partial charge on any atom is -0.396 e. The SMILES string of the molecule is Cc1noc([C@@H]2CN(C(=O)CC(C)(C)C)C[C@H]2CO)n1. The smallest absolute Gasteiger partial charge is 0.231 e. The Kier molecular flexibility index (Phi) is 4.13. The molecule has 1 aliphatic rings. The lowest BCUT2D eigenvalue weighted by Gasteiger charge is -2.22. The fourth-order valence-corrected chi connectivity index (χ4v) is 2.57. The number of aryl methyl sites for hydroxylation is 1. The van der Waals surface area contributed by atoms with E-state index in [1.807, 2.05) is 20.8 Å². The number of carbonyl (C=O) groups excluding carboxylic acids is 1. The molecule has 0 saturated carbocycles. The third-order valence-corrected chi connectivity index (χ3v) is 3.57. The van der Waals surface area contributed by atoms with E-state index < -0.39 is 0 Å². The zero-order valence-electron chi connectivity index (χ0n) is 12.6. The van der Waals surface area contributed by atoms with Gasteiger partial charge in [-0.1, -0.05) is 25.9 Å². The van der Waals surface area contributed by atoms with Gasteiger partial charge in [0.15, 0.2) is 5.82 Å². The number of hydrogen-bond acceptors (Lipinski definition) is 5. The zero-order valence-corrected chi connectivity index (χ0v) is 12.6. The lowest BCUT2D eigenvalue weighted by atomic mass is 9.92. The highest BCUT2D eigenvalue weighted by Crippen LogP contribution is 2.33. The molecule has 20 heavy (non-hydrogen) atoms. The Morgan fingerprint density at radius 1 is 1.45 bits per heavy atom. The highest BCUT2D eigenvalue weighted by molar-refractivity contribution is 5.77. The fraction of sp³-hybridized carbons (Fsp3) is 0.786. The summed E-state index contributed by atoms with van der Waals surface area (Å²) < 4.78 is 5.20. The molecule has 1 amide bonds. The molecule has 1 aromatic rings. The lowest BCUT2D eigenvalue weighted by Crippen LogP contribution is -2.32. The molecule has 1 fully saturated rings. The summed E-state index contributed by atoms with van der Waals surface area (Å²) in [6.45, 7) is 9.01. The summed E-state index contributed by atoms with van der Waals surface area (Å²) in [5.74, 6) is 1.13. The van der Waals surface area contributed by atoms with Gasteiger partial charge in [0.25, 0.3) is 0 Å². The van der Waals surface area contributed by atoms with Gasteiger partial charge in [-0.05, 0) is 12.3 Å². The molecular formula is C14H23N3O3. The number of rotatable bonds is 3. The second-order valence-corrected chi connectivity index (χ2v) is 6.77. The van der Waals surface area contributed by atoms with Crippen LogP contribution in [-0.2, 0) is 4.79 Å². The van der Waals surface area contributed by atoms with Crippen molar-refractivity contribution in [3.05, 3.63) is 11.7 Å². The van der Waals surface area contributed by atoms with E-state index >= 15 is 0 Å². The molecule has 1 N–H and O–H groups in total. The Hall–Kier alpha value is -1.43. The normalized spacial score (nSPS) is 23.4. The van der Waals surface area contributed by atoms with E-state index in [0.29, 0.717) is 31.2 Å². The number of likely N-dealkylation sites (tertiary alicyclic amines) is 1. The Morgan fingerprint density at radius 2 is 2.15 bits per heavy atom. The van der Waals surface area contributed by atoms with Crippen LogP contribution in [0.25, 0.3) is 0 Å². The maximum absolute atomic E-state index is 12.3. The van der Waals surface area contributed by atoms with Gasteiger partial charge < -0.3 is 14.5 Å². The minimum atomic E-state index is -0.0647. The van der Waals surface area contributed by atoms with E-state index in [-0.39, 0.29) is 29.8 Å². The predicted molar refractivity (Wildman–Crippen MR) is 73.0 cm³/mol. The molecule has 0 spiro atoms. The summed E-state index contributed by atoms with van der Waals surface area (Å²) in [6.07, 6.45) is 0.501. The van der Waals surface area contributed by atoms with Crippen LogP contribution in [0.15, 0.2) is 4.52 Å². The van der Waals surface area contributed by atoms with Gasteiger partial charge in [0, 0.05) is 32.0 Å². The van der Waals surface area contributed by atoms with Crippen molar-refractivity contribution < 1.29 is 14.4 Å². The number of amides is 1. The molecule has 6 nitrogen and oxygen atoms in total. The summed E-state index contributed by atoms with van der Waals surface area (Å²) in [7, 11) is 0. The van der Waals surface area contributed by atoms with Gasteiger partial charge in [-0.3, -0.25) is 4.79 Å². The first kappa shape index (κ1) is 15.0. The molecule has 2 atom stereocenters. The Bertz CT molecular complexity index is 478. The van der Waals surface area contributed by atoms with E-state index in [4.69, 9.17) is 4.52 Å². The van der Waals surface area contributed by atoms with Crippen LogP contribution in [-0.4, -0.2) is 45.8 Å². The predicted octanol–water partition coefficient (Wildman–Crippen LogP) is 1.35. The molecule has 0 aliphatic carbocycles. The Balaban J connectivity index is 2.08. The summed E-state index contributed by atoms with van der Waals surface area (Å²) in [5, 5.41) is 13.3. The summed E-state index contributed by atoms with van der Waals surface area (Å²) in [5.41, 5.74) is -0.0367. The van der Waals surface area contributed by atoms with Crippen LogP contribution in [0.1, 0.15) is 44.8 Å². The molecule has 1 aliphatic heterocycles. The number of aliphatic hydroxyl groups excluding tert-OH is 1. The number of aromatic nitrogens is 2. The minimum absolute atomic E-state index is 0.0192. The highest BCUT2D eigenvalue weighted by atomic mass is 16.5. The molecule has 1 aromatic heterocycles. The topological polar surface area (TPSA) is 79.5 Å². The van der Waals surface area contributed by atoms with E-state index in [1.165, 1.54) is 0 Å². The molecular weight excluding hydrogens is 258 g/mol. The monoisotopic (exact) mass is 281 g/mol. The Labute approximate surface area is 119 Å². The first-order valence-corrected chi connectivity index (χ1v) is 6.99. The van der Waals surface area contributed by atoms with Crippen molar-refractivity contribution in [3.8, 4) is 0 Å². The average molecular weight is 281 g/mol. The highest BCUT2D eigenvalue weighted by Gasteiger charge is 2.39. The summed E-state index contributed by atoms with van der Waals surface area (Å²) in [6, 6.07) is 0. The summed E-state index contributed by atoms with van der Waals surface area (Å²) in [4.78, 5) is 18.3. The lowest BCUT2D eigenvalue weighted by molar-refractivity contribution is -0.132.